The largest absolute Gasteiger partial charge is 0.489 e. The van der Waals surface area contributed by atoms with Crippen LogP contribution < -0.4 is 10.2 Å². The SMILES string of the molecule is Cc1cccc(COc2ccc(S(=O)(=O)N3C[C@H](O)CC[C@@H]3C(=O)NO)cc2)c1C. The predicted octanol–water partition coefficient (Wildman–Crippen LogP) is 1.90. The molecule has 2 aromatic carbocycles. The molecule has 1 fully saturated rings. The number of aliphatic hydroxyl groups excluding tert-OH is 1. The van der Waals surface area contributed by atoms with Crippen LogP contribution in [0.5, 0.6) is 5.75 Å². The minimum absolute atomic E-state index is 0.0218. The van der Waals surface area contributed by atoms with Gasteiger partial charge >= 0.3 is 0 Å². The normalized spacial score (nSPS) is 20.0. The molecule has 1 heterocycles. The number of ether oxygens (including phenoxy) is 1. The first-order chi connectivity index (χ1) is 14.2. The van der Waals surface area contributed by atoms with Gasteiger partial charge < -0.3 is 9.84 Å². The van der Waals surface area contributed by atoms with Crippen molar-refractivity contribution in [3.8, 4) is 5.75 Å². The number of aryl methyl sites for hydroxylation is 1. The Hall–Kier alpha value is -2.46. The van der Waals surface area contributed by atoms with Gasteiger partial charge in [0.1, 0.15) is 18.4 Å². The third kappa shape index (κ3) is 4.65. The van der Waals surface area contributed by atoms with E-state index in [1.54, 1.807) is 12.1 Å². The number of nitrogens with zero attached hydrogens (tertiary/aromatic N) is 1. The summed E-state index contributed by atoms with van der Waals surface area (Å²) in [6.07, 6.45) is -0.485. The Morgan fingerprint density at radius 1 is 1.17 bits per heavy atom. The molecule has 0 spiro atoms. The number of piperidine rings is 1. The number of aliphatic hydroxyl groups is 1. The summed E-state index contributed by atoms with van der Waals surface area (Å²) in [5.74, 6) is -0.308. The summed E-state index contributed by atoms with van der Waals surface area (Å²) in [5.41, 5.74) is 4.87. The molecule has 0 unspecified atom stereocenters. The van der Waals surface area contributed by atoms with Gasteiger partial charge in [0.25, 0.3) is 5.91 Å². The average molecular weight is 435 g/mol. The van der Waals surface area contributed by atoms with E-state index in [4.69, 9.17) is 9.94 Å². The van der Waals surface area contributed by atoms with E-state index in [9.17, 15) is 18.3 Å². The molecule has 1 amide bonds. The maximum Gasteiger partial charge on any atom is 0.261 e. The van der Waals surface area contributed by atoms with Crippen LogP contribution in [0.25, 0.3) is 0 Å². The van der Waals surface area contributed by atoms with Crippen LogP contribution in [0.4, 0.5) is 0 Å². The number of sulfonamides is 1. The van der Waals surface area contributed by atoms with E-state index in [0.717, 1.165) is 15.4 Å². The molecule has 162 valence electrons. The van der Waals surface area contributed by atoms with Crippen molar-refractivity contribution in [2.75, 3.05) is 6.54 Å². The standard InChI is InChI=1S/C21H26N2O6S/c1-14-4-3-5-16(15(14)2)13-29-18-7-9-19(10-8-18)30(27,28)23-12-17(24)6-11-20(23)21(25)22-26/h3-5,7-10,17,20,24,26H,6,11-13H2,1-2H3,(H,22,25)/t17-,20-/m1/s1. The number of hydrogen-bond acceptors (Lipinski definition) is 6. The van der Waals surface area contributed by atoms with Crippen LogP contribution in [0.2, 0.25) is 0 Å². The molecule has 1 aliphatic rings. The topological polar surface area (TPSA) is 116 Å². The third-order valence-corrected chi connectivity index (χ3v) is 7.35. The van der Waals surface area contributed by atoms with E-state index < -0.39 is 28.1 Å². The minimum Gasteiger partial charge on any atom is -0.489 e. The third-order valence-electron chi connectivity index (χ3n) is 5.47. The molecular weight excluding hydrogens is 408 g/mol. The summed E-state index contributed by atoms with van der Waals surface area (Å²) < 4.78 is 32.8. The second-order valence-corrected chi connectivity index (χ2v) is 9.31. The molecule has 0 bridgehead atoms. The molecule has 2 aromatic rings. The van der Waals surface area contributed by atoms with E-state index in [1.165, 1.54) is 23.2 Å². The number of carbonyl (C=O) groups excluding carboxylic acids is 1. The van der Waals surface area contributed by atoms with Gasteiger partial charge in [0.05, 0.1) is 11.0 Å². The Labute approximate surface area is 176 Å². The molecule has 8 nitrogen and oxygen atoms in total. The maximum absolute atomic E-state index is 13.0. The second-order valence-electron chi connectivity index (χ2n) is 7.42. The lowest BCUT2D eigenvalue weighted by molar-refractivity contribution is -0.135. The second kappa shape index (κ2) is 9.13. The zero-order chi connectivity index (χ0) is 21.9. The number of amides is 1. The number of benzene rings is 2. The summed E-state index contributed by atoms with van der Waals surface area (Å²) in [6.45, 7) is 4.19. The lowest BCUT2D eigenvalue weighted by Crippen LogP contribution is -2.54. The van der Waals surface area contributed by atoms with Crippen molar-refractivity contribution < 1.29 is 28.3 Å². The molecule has 0 aliphatic carbocycles. The van der Waals surface area contributed by atoms with Crippen molar-refractivity contribution in [1.82, 2.24) is 9.79 Å². The van der Waals surface area contributed by atoms with Crippen molar-refractivity contribution in [3.63, 3.8) is 0 Å². The van der Waals surface area contributed by atoms with Gasteiger partial charge in [-0.3, -0.25) is 10.0 Å². The molecule has 1 saturated heterocycles. The first-order valence-electron chi connectivity index (χ1n) is 9.66. The summed E-state index contributed by atoms with van der Waals surface area (Å²) >= 11 is 0. The van der Waals surface area contributed by atoms with Crippen LogP contribution in [0, 0.1) is 13.8 Å². The van der Waals surface area contributed by atoms with Crippen LogP contribution >= 0.6 is 0 Å². The highest BCUT2D eigenvalue weighted by Gasteiger charge is 2.40. The molecule has 0 saturated carbocycles. The van der Waals surface area contributed by atoms with Crippen molar-refractivity contribution in [2.45, 2.75) is 50.3 Å². The summed E-state index contributed by atoms with van der Waals surface area (Å²) in [7, 11) is -4.05. The smallest absolute Gasteiger partial charge is 0.261 e. The maximum atomic E-state index is 13.0. The average Bonchev–Trinajstić information content (AvgIpc) is 2.74. The number of nitrogens with one attached hydrogen (secondary N) is 1. The van der Waals surface area contributed by atoms with Gasteiger partial charge in [-0.15, -0.1) is 0 Å². The molecule has 0 aromatic heterocycles. The fraction of sp³-hybridized carbons (Fsp3) is 0.381. The van der Waals surface area contributed by atoms with Gasteiger partial charge in [0, 0.05) is 6.54 Å². The molecule has 3 N–H and O–H groups in total. The first kappa shape index (κ1) is 22.2. The van der Waals surface area contributed by atoms with Crippen LogP contribution in [-0.4, -0.2) is 47.6 Å². The fourth-order valence-electron chi connectivity index (χ4n) is 3.50. The van der Waals surface area contributed by atoms with Gasteiger partial charge in [-0.2, -0.15) is 4.31 Å². The lowest BCUT2D eigenvalue weighted by Gasteiger charge is -2.35. The number of hydrogen-bond donors (Lipinski definition) is 3. The van der Waals surface area contributed by atoms with Crippen LogP contribution in [0.1, 0.15) is 29.5 Å². The lowest BCUT2D eigenvalue weighted by atomic mass is 10.0. The van der Waals surface area contributed by atoms with E-state index in [2.05, 4.69) is 0 Å². The van der Waals surface area contributed by atoms with Crippen LogP contribution in [0.3, 0.4) is 0 Å². The Balaban J connectivity index is 1.76. The summed E-state index contributed by atoms with van der Waals surface area (Å²) in [4.78, 5) is 11.9. The Morgan fingerprint density at radius 3 is 2.53 bits per heavy atom. The highest BCUT2D eigenvalue weighted by molar-refractivity contribution is 7.89. The first-order valence-corrected chi connectivity index (χ1v) is 11.1. The highest BCUT2D eigenvalue weighted by atomic mass is 32.2. The van der Waals surface area contributed by atoms with Gasteiger partial charge in [-0.1, -0.05) is 18.2 Å². The van der Waals surface area contributed by atoms with Crippen LogP contribution in [-0.2, 0) is 21.4 Å². The zero-order valence-corrected chi connectivity index (χ0v) is 17.7. The van der Waals surface area contributed by atoms with Gasteiger partial charge in [-0.25, -0.2) is 13.9 Å². The molecule has 0 radical (unpaired) electrons. The van der Waals surface area contributed by atoms with Crippen molar-refractivity contribution in [2.24, 2.45) is 0 Å². The molecule has 30 heavy (non-hydrogen) atoms. The Bertz CT molecular complexity index is 1010. The summed E-state index contributed by atoms with van der Waals surface area (Å²) in [6, 6.07) is 10.8. The molecule has 1 aliphatic heterocycles. The number of β-amino-alcohol motifs (C(OH)–C–C–N with tert-alkyl or cyclic N) is 1. The van der Waals surface area contributed by atoms with Crippen molar-refractivity contribution >= 4 is 15.9 Å². The van der Waals surface area contributed by atoms with E-state index >= 15 is 0 Å². The van der Waals surface area contributed by atoms with E-state index in [1.807, 2.05) is 32.0 Å². The fourth-order valence-corrected chi connectivity index (χ4v) is 5.15. The van der Waals surface area contributed by atoms with E-state index in [-0.39, 0.29) is 24.3 Å². The minimum atomic E-state index is -4.05. The number of carbonyl (C=O) groups is 1. The predicted molar refractivity (Wildman–Crippen MR) is 110 cm³/mol. The molecule has 2 atom stereocenters. The number of rotatable bonds is 6. The van der Waals surface area contributed by atoms with Gasteiger partial charge in [0.15, 0.2) is 0 Å². The van der Waals surface area contributed by atoms with Crippen molar-refractivity contribution in [1.29, 1.82) is 0 Å². The van der Waals surface area contributed by atoms with E-state index in [0.29, 0.717) is 12.4 Å². The molecule has 3 rings (SSSR count). The zero-order valence-electron chi connectivity index (χ0n) is 16.9. The quantitative estimate of drug-likeness (QED) is 0.472. The Kier molecular flexibility index (Phi) is 6.77. The van der Waals surface area contributed by atoms with Gasteiger partial charge in [0.2, 0.25) is 10.0 Å². The highest BCUT2D eigenvalue weighted by Crippen LogP contribution is 2.27. The number of hydroxylamine groups is 1. The van der Waals surface area contributed by atoms with Gasteiger partial charge in [-0.05, 0) is 67.6 Å². The molecular formula is C21H26N2O6S. The van der Waals surface area contributed by atoms with Crippen molar-refractivity contribution in [3.05, 3.63) is 59.2 Å². The molecule has 9 heteroatoms. The Morgan fingerprint density at radius 2 is 1.87 bits per heavy atom. The monoisotopic (exact) mass is 434 g/mol. The van der Waals surface area contributed by atoms with Crippen LogP contribution in [0.15, 0.2) is 47.4 Å². The summed E-state index contributed by atoms with van der Waals surface area (Å²) in [5, 5.41) is 18.8.